The Bertz CT molecular complexity index is 885. The third-order valence-electron chi connectivity index (χ3n) is 5.46. The highest BCUT2D eigenvalue weighted by Crippen LogP contribution is 2.44. The summed E-state index contributed by atoms with van der Waals surface area (Å²) in [5, 5.41) is 11.0. The van der Waals surface area contributed by atoms with E-state index in [1.807, 2.05) is 31.6 Å². The molecule has 0 spiro atoms. The fourth-order valence-electron chi connectivity index (χ4n) is 4.15. The number of aromatic nitrogens is 2. The van der Waals surface area contributed by atoms with Crippen molar-refractivity contribution < 1.29 is 14.6 Å². The maximum Gasteiger partial charge on any atom is 0.187 e. The van der Waals surface area contributed by atoms with E-state index in [-0.39, 0.29) is 18.1 Å². The van der Waals surface area contributed by atoms with Crippen LogP contribution in [0.4, 0.5) is 0 Å². The van der Waals surface area contributed by atoms with Gasteiger partial charge in [0, 0.05) is 29.4 Å². The van der Waals surface area contributed by atoms with Crippen molar-refractivity contribution in [1.29, 1.82) is 0 Å². The number of fused-ring (bicyclic) bond motifs is 3. The highest BCUT2D eigenvalue weighted by molar-refractivity contribution is 7.98. The van der Waals surface area contributed by atoms with Crippen molar-refractivity contribution in [2.45, 2.75) is 49.4 Å². The van der Waals surface area contributed by atoms with Crippen LogP contribution in [0.1, 0.15) is 48.8 Å². The van der Waals surface area contributed by atoms with E-state index in [9.17, 15) is 5.11 Å². The Balaban J connectivity index is 1.85. The monoisotopic (exact) mass is 399 g/mol. The second kappa shape index (κ2) is 8.09. The lowest BCUT2D eigenvalue weighted by Gasteiger charge is -2.37. The molecule has 3 atom stereocenters. The molecule has 2 heterocycles. The molecule has 1 saturated carbocycles. The summed E-state index contributed by atoms with van der Waals surface area (Å²) >= 11 is 1.52. The molecule has 2 aliphatic rings. The SMILES string of the molecule is CCOc1cc2c(cc1OC)C(c1cnc(SC)nc1)=N[C@@H]1CC[C@@H](O)C[C@H]21. The minimum Gasteiger partial charge on any atom is -0.493 e. The van der Waals surface area contributed by atoms with Crippen LogP contribution in [0.25, 0.3) is 0 Å². The minimum absolute atomic E-state index is 0.147. The molecule has 1 aliphatic heterocycles. The Morgan fingerprint density at radius 1 is 1.18 bits per heavy atom. The van der Waals surface area contributed by atoms with E-state index in [2.05, 4.69) is 16.0 Å². The second-order valence-corrected chi connectivity index (χ2v) is 7.87. The van der Waals surface area contributed by atoms with Crippen LogP contribution in [-0.2, 0) is 0 Å². The molecule has 0 unspecified atom stereocenters. The van der Waals surface area contributed by atoms with Crippen molar-refractivity contribution in [2.75, 3.05) is 20.0 Å². The average molecular weight is 400 g/mol. The molecule has 1 aromatic heterocycles. The van der Waals surface area contributed by atoms with E-state index in [4.69, 9.17) is 14.5 Å². The first kappa shape index (κ1) is 19.2. The maximum atomic E-state index is 10.3. The number of rotatable bonds is 5. The van der Waals surface area contributed by atoms with Gasteiger partial charge in [-0.1, -0.05) is 11.8 Å². The number of methoxy groups -OCH3 is 1. The van der Waals surface area contributed by atoms with Crippen molar-refractivity contribution >= 4 is 17.5 Å². The molecule has 1 fully saturated rings. The van der Waals surface area contributed by atoms with E-state index in [1.54, 1.807) is 7.11 Å². The Labute approximate surface area is 169 Å². The van der Waals surface area contributed by atoms with Gasteiger partial charge in [-0.2, -0.15) is 0 Å². The summed E-state index contributed by atoms with van der Waals surface area (Å²) in [6, 6.07) is 4.21. The van der Waals surface area contributed by atoms with Crippen LogP contribution in [0.3, 0.4) is 0 Å². The van der Waals surface area contributed by atoms with Crippen LogP contribution in [0.15, 0.2) is 34.7 Å². The molecule has 0 radical (unpaired) electrons. The summed E-state index contributed by atoms with van der Waals surface area (Å²) in [4.78, 5) is 13.9. The molecule has 0 amide bonds. The lowest BCUT2D eigenvalue weighted by Crippen LogP contribution is -2.34. The minimum atomic E-state index is -0.285. The maximum absolute atomic E-state index is 10.3. The van der Waals surface area contributed by atoms with Gasteiger partial charge in [-0.25, -0.2) is 9.97 Å². The van der Waals surface area contributed by atoms with Crippen LogP contribution in [0.2, 0.25) is 0 Å². The number of nitrogens with zero attached hydrogens (tertiary/aromatic N) is 3. The summed E-state index contributed by atoms with van der Waals surface area (Å²) in [5.74, 6) is 1.60. The zero-order valence-corrected chi connectivity index (χ0v) is 17.2. The van der Waals surface area contributed by atoms with Crippen molar-refractivity contribution in [3.63, 3.8) is 0 Å². The average Bonchev–Trinajstić information content (AvgIpc) is 2.73. The number of hydrogen-bond acceptors (Lipinski definition) is 7. The molecule has 7 heteroatoms. The van der Waals surface area contributed by atoms with Crippen LogP contribution in [-0.4, -0.2) is 52.9 Å². The summed E-state index contributed by atoms with van der Waals surface area (Å²) in [5.41, 5.74) is 3.96. The number of ether oxygens (including phenoxy) is 2. The smallest absolute Gasteiger partial charge is 0.187 e. The van der Waals surface area contributed by atoms with Gasteiger partial charge in [0.25, 0.3) is 0 Å². The van der Waals surface area contributed by atoms with Gasteiger partial charge in [-0.15, -0.1) is 0 Å². The third-order valence-corrected chi connectivity index (χ3v) is 6.03. The van der Waals surface area contributed by atoms with Crippen LogP contribution < -0.4 is 9.47 Å². The summed E-state index contributed by atoms with van der Waals surface area (Å²) < 4.78 is 11.4. The first-order valence-electron chi connectivity index (χ1n) is 9.62. The molecule has 4 rings (SSSR count). The molecule has 148 valence electrons. The zero-order chi connectivity index (χ0) is 19.7. The van der Waals surface area contributed by atoms with Gasteiger partial charge in [0.1, 0.15) is 0 Å². The van der Waals surface area contributed by atoms with E-state index in [0.717, 1.165) is 46.1 Å². The zero-order valence-electron chi connectivity index (χ0n) is 16.4. The van der Waals surface area contributed by atoms with E-state index in [0.29, 0.717) is 18.8 Å². The normalized spacial score (nSPS) is 23.4. The highest BCUT2D eigenvalue weighted by Gasteiger charge is 2.37. The van der Waals surface area contributed by atoms with Crippen LogP contribution in [0, 0.1) is 0 Å². The number of thioether (sulfide) groups is 1. The van der Waals surface area contributed by atoms with Crippen molar-refractivity contribution in [3.8, 4) is 11.5 Å². The molecular weight excluding hydrogens is 374 g/mol. The number of hydrogen-bond donors (Lipinski definition) is 1. The van der Waals surface area contributed by atoms with Crippen molar-refractivity contribution in [1.82, 2.24) is 9.97 Å². The molecule has 0 saturated heterocycles. The van der Waals surface area contributed by atoms with E-state index >= 15 is 0 Å². The lowest BCUT2D eigenvalue weighted by molar-refractivity contribution is 0.111. The first-order chi connectivity index (χ1) is 13.6. The van der Waals surface area contributed by atoms with Gasteiger partial charge in [0.05, 0.1) is 31.6 Å². The largest absolute Gasteiger partial charge is 0.493 e. The van der Waals surface area contributed by atoms with Gasteiger partial charge in [0.15, 0.2) is 16.7 Å². The number of aliphatic hydroxyl groups is 1. The Hall–Kier alpha value is -2.12. The van der Waals surface area contributed by atoms with Crippen LogP contribution in [0.5, 0.6) is 11.5 Å². The molecule has 6 nitrogen and oxygen atoms in total. The third kappa shape index (κ3) is 3.49. The van der Waals surface area contributed by atoms with Gasteiger partial charge in [-0.05, 0) is 50.1 Å². The van der Waals surface area contributed by atoms with Gasteiger partial charge < -0.3 is 14.6 Å². The van der Waals surface area contributed by atoms with Gasteiger partial charge >= 0.3 is 0 Å². The predicted octanol–water partition coefficient (Wildman–Crippen LogP) is 3.45. The Morgan fingerprint density at radius 3 is 2.64 bits per heavy atom. The quantitative estimate of drug-likeness (QED) is 0.613. The highest BCUT2D eigenvalue weighted by atomic mass is 32.2. The fraction of sp³-hybridized carbons (Fsp3) is 0.476. The van der Waals surface area contributed by atoms with Gasteiger partial charge in [-0.3, -0.25) is 4.99 Å². The van der Waals surface area contributed by atoms with Crippen molar-refractivity contribution in [2.24, 2.45) is 4.99 Å². The summed E-state index contributed by atoms with van der Waals surface area (Å²) in [7, 11) is 1.65. The number of benzene rings is 1. The lowest BCUT2D eigenvalue weighted by atomic mass is 9.74. The van der Waals surface area contributed by atoms with E-state index in [1.165, 1.54) is 11.8 Å². The Kier molecular flexibility index (Phi) is 5.55. The van der Waals surface area contributed by atoms with E-state index < -0.39 is 0 Å². The molecule has 1 aliphatic carbocycles. The van der Waals surface area contributed by atoms with Crippen LogP contribution >= 0.6 is 11.8 Å². The second-order valence-electron chi connectivity index (χ2n) is 7.10. The molecule has 28 heavy (non-hydrogen) atoms. The fourth-order valence-corrected chi connectivity index (χ4v) is 4.46. The topological polar surface area (TPSA) is 76.8 Å². The van der Waals surface area contributed by atoms with Gasteiger partial charge in [0.2, 0.25) is 0 Å². The molecular formula is C21H25N3O3S. The standard InChI is InChI=1S/C21H25N3O3S/c1-4-27-19-8-14-15-7-13(25)5-6-17(15)24-20(16(14)9-18(19)26-2)12-10-22-21(28-3)23-11-12/h8-11,13,15,17,25H,4-7H2,1-3H3/t13-,15-,17-/m1/s1. The molecule has 2 aromatic rings. The molecule has 1 aromatic carbocycles. The first-order valence-corrected chi connectivity index (χ1v) is 10.8. The molecule has 0 bridgehead atoms. The molecule has 1 N–H and O–H groups in total. The summed E-state index contributed by atoms with van der Waals surface area (Å²) in [6.45, 7) is 2.53. The van der Waals surface area contributed by atoms with Crippen molar-refractivity contribution in [3.05, 3.63) is 41.2 Å². The summed E-state index contributed by atoms with van der Waals surface area (Å²) in [6.07, 6.45) is 7.71. The predicted molar refractivity (Wildman–Crippen MR) is 110 cm³/mol. The number of aliphatic hydroxyl groups excluding tert-OH is 1. The Morgan fingerprint density at radius 2 is 1.96 bits per heavy atom. The number of aliphatic imine (C=N–C) groups is 1.